The van der Waals surface area contributed by atoms with E-state index >= 15 is 0 Å². The third-order valence-corrected chi connectivity index (χ3v) is 4.82. The molecule has 4 atom stereocenters. The fourth-order valence-electron chi connectivity index (χ4n) is 2.84. The Balaban J connectivity index is 3.06. The molecule has 0 aliphatic rings. The molecule has 0 fully saturated rings. The number of phenolic OH excluding ortho intramolecular Hbond substituents is 1. The summed E-state index contributed by atoms with van der Waals surface area (Å²) in [6.07, 6.45) is -1.03. The van der Waals surface area contributed by atoms with Crippen molar-refractivity contribution >= 4 is 35.5 Å². The normalized spacial score (nSPS) is 14.0. The zero-order valence-electron chi connectivity index (χ0n) is 19.0. The van der Waals surface area contributed by atoms with Gasteiger partial charge in [0.1, 0.15) is 23.9 Å². The molecule has 0 radical (unpaired) electrons. The molecule has 14 heteroatoms. The summed E-state index contributed by atoms with van der Waals surface area (Å²) in [5, 5.41) is 25.4. The summed E-state index contributed by atoms with van der Waals surface area (Å²) in [4.78, 5) is 71.4. The molecule has 4 unspecified atom stereocenters. The van der Waals surface area contributed by atoms with E-state index in [1.807, 2.05) is 0 Å². The van der Waals surface area contributed by atoms with E-state index in [9.17, 15) is 33.9 Å². The molecule has 1 rings (SSSR count). The van der Waals surface area contributed by atoms with Gasteiger partial charge in [0.2, 0.25) is 29.5 Å². The average Bonchev–Trinajstić information content (AvgIpc) is 2.77. The van der Waals surface area contributed by atoms with Crippen LogP contribution in [0.15, 0.2) is 24.3 Å². The Morgan fingerprint density at radius 2 is 1.40 bits per heavy atom. The number of hydrogen-bond donors (Lipinski definition) is 8. The van der Waals surface area contributed by atoms with E-state index in [1.165, 1.54) is 31.2 Å². The van der Waals surface area contributed by atoms with Crippen LogP contribution in [0.25, 0.3) is 0 Å². The third kappa shape index (κ3) is 10.5. The first-order valence-electron chi connectivity index (χ1n) is 10.5. The van der Waals surface area contributed by atoms with Gasteiger partial charge in [-0.05, 0) is 31.0 Å². The van der Waals surface area contributed by atoms with Crippen LogP contribution in [0.5, 0.6) is 5.75 Å². The number of hydrogen-bond acceptors (Lipinski definition) is 8. The molecule has 35 heavy (non-hydrogen) atoms. The van der Waals surface area contributed by atoms with Crippen molar-refractivity contribution in [3.8, 4) is 5.75 Å². The minimum Gasteiger partial charge on any atom is -0.508 e. The molecule has 5 amide bonds. The van der Waals surface area contributed by atoms with Crippen LogP contribution in [0, 0.1) is 0 Å². The Morgan fingerprint density at radius 3 is 1.91 bits per heavy atom. The molecule has 11 N–H and O–H groups in total. The number of amides is 5. The predicted octanol–water partition coefficient (Wildman–Crippen LogP) is -3.04. The monoisotopic (exact) mass is 494 g/mol. The van der Waals surface area contributed by atoms with Crippen LogP contribution in [0.1, 0.15) is 31.7 Å². The van der Waals surface area contributed by atoms with Gasteiger partial charge in [0.05, 0.1) is 12.5 Å². The molecule has 192 valence electrons. The van der Waals surface area contributed by atoms with E-state index < -0.39 is 66.1 Å². The van der Waals surface area contributed by atoms with E-state index in [0.29, 0.717) is 5.56 Å². The highest BCUT2D eigenvalue weighted by molar-refractivity contribution is 5.96. The van der Waals surface area contributed by atoms with Crippen LogP contribution < -0.4 is 33.2 Å². The first-order chi connectivity index (χ1) is 16.3. The molecule has 0 bridgehead atoms. The van der Waals surface area contributed by atoms with Crippen LogP contribution in [-0.2, 0) is 35.2 Å². The molecule has 0 aliphatic heterocycles. The number of carbonyl (C=O) groups excluding carboxylic acids is 5. The van der Waals surface area contributed by atoms with Crippen molar-refractivity contribution in [2.24, 2.45) is 17.2 Å². The van der Waals surface area contributed by atoms with Crippen LogP contribution >= 0.6 is 0 Å². The summed E-state index contributed by atoms with van der Waals surface area (Å²) in [6, 6.07) is 0.386. The molecule has 0 aromatic heterocycles. The maximum Gasteiger partial charge on any atom is 0.325 e. The number of phenols is 1. The number of carboxylic acids is 1. The molecule has 1 aromatic carbocycles. The largest absolute Gasteiger partial charge is 0.508 e. The maximum atomic E-state index is 12.9. The molecule has 1 aromatic rings. The van der Waals surface area contributed by atoms with Crippen molar-refractivity contribution < 1.29 is 39.0 Å². The Labute approximate surface area is 200 Å². The van der Waals surface area contributed by atoms with Gasteiger partial charge in [0, 0.05) is 12.8 Å². The van der Waals surface area contributed by atoms with Gasteiger partial charge in [-0.3, -0.25) is 28.8 Å². The van der Waals surface area contributed by atoms with Crippen molar-refractivity contribution in [1.82, 2.24) is 16.0 Å². The fourth-order valence-corrected chi connectivity index (χ4v) is 2.84. The van der Waals surface area contributed by atoms with Crippen molar-refractivity contribution in [2.75, 3.05) is 0 Å². The summed E-state index contributed by atoms with van der Waals surface area (Å²) < 4.78 is 0. The van der Waals surface area contributed by atoms with Crippen LogP contribution in [0.4, 0.5) is 0 Å². The van der Waals surface area contributed by atoms with Crippen molar-refractivity contribution in [1.29, 1.82) is 0 Å². The number of benzene rings is 1. The van der Waals surface area contributed by atoms with Gasteiger partial charge in [-0.15, -0.1) is 0 Å². The van der Waals surface area contributed by atoms with Crippen LogP contribution in [-0.4, -0.2) is 69.9 Å². The molecule has 0 saturated heterocycles. The molecule has 0 heterocycles. The first kappa shape index (κ1) is 28.8. The lowest BCUT2D eigenvalue weighted by Crippen LogP contribution is -2.58. The smallest absolute Gasteiger partial charge is 0.325 e. The van der Waals surface area contributed by atoms with Gasteiger partial charge >= 0.3 is 5.97 Å². The van der Waals surface area contributed by atoms with Gasteiger partial charge in [0.25, 0.3) is 0 Å². The van der Waals surface area contributed by atoms with Crippen molar-refractivity contribution in [3.05, 3.63) is 29.8 Å². The topological polar surface area (TPSA) is 257 Å². The highest BCUT2D eigenvalue weighted by Crippen LogP contribution is 2.12. The Kier molecular flexibility index (Phi) is 11.1. The third-order valence-electron chi connectivity index (χ3n) is 4.82. The van der Waals surface area contributed by atoms with E-state index in [1.54, 1.807) is 0 Å². The van der Waals surface area contributed by atoms with E-state index in [-0.39, 0.29) is 25.0 Å². The summed E-state index contributed by atoms with van der Waals surface area (Å²) in [7, 11) is 0. The zero-order valence-corrected chi connectivity index (χ0v) is 19.0. The van der Waals surface area contributed by atoms with Crippen LogP contribution in [0.3, 0.4) is 0 Å². The Bertz CT molecular complexity index is 952. The second-order valence-corrected chi connectivity index (χ2v) is 7.84. The lowest BCUT2D eigenvalue weighted by Gasteiger charge is -2.24. The molecule has 0 spiro atoms. The quantitative estimate of drug-likeness (QED) is 0.130. The van der Waals surface area contributed by atoms with Gasteiger partial charge in [0.15, 0.2) is 0 Å². The van der Waals surface area contributed by atoms with Crippen LogP contribution in [0.2, 0.25) is 0 Å². The highest BCUT2D eigenvalue weighted by Gasteiger charge is 2.30. The summed E-state index contributed by atoms with van der Waals surface area (Å²) in [5.74, 6) is -5.61. The number of aliphatic carboxylic acids is 1. The molecular formula is C21H30N6O8. The Morgan fingerprint density at radius 1 is 0.857 bits per heavy atom. The van der Waals surface area contributed by atoms with Gasteiger partial charge in [-0.25, -0.2) is 0 Å². The number of carboxylic acid groups (broad SMARTS) is 1. The minimum absolute atomic E-state index is 0.0322. The number of carbonyl (C=O) groups is 6. The number of rotatable bonds is 14. The van der Waals surface area contributed by atoms with E-state index in [0.717, 1.165) is 0 Å². The lowest BCUT2D eigenvalue weighted by atomic mass is 10.0. The fraction of sp³-hybridized carbons (Fsp3) is 0.429. The van der Waals surface area contributed by atoms with Gasteiger partial charge in [-0.1, -0.05) is 12.1 Å². The second kappa shape index (κ2) is 13.5. The summed E-state index contributed by atoms with van der Waals surface area (Å²) in [6.45, 7) is 1.23. The zero-order chi connectivity index (χ0) is 26.7. The van der Waals surface area contributed by atoms with Gasteiger partial charge < -0.3 is 43.4 Å². The standard InChI is InChI=1S/C21H30N6O8/c1-10(21(34)35)25-19(32)14(8-11-2-4-12(28)5-3-11)27-20(33)15(9-17(24)30)26-18(31)13(22)6-7-16(23)29/h2-5,10,13-15,28H,6-9,22H2,1H3,(H2,23,29)(H2,24,30)(H,25,32)(H,26,31)(H,27,33)(H,34,35). The number of aromatic hydroxyl groups is 1. The van der Waals surface area contributed by atoms with Crippen molar-refractivity contribution in [2.45, 2.75) is 56.8 Å². The highest BCUT2D eigenvalue weighted by atomic mass is 16.4. The first-order valence-corrected chi connectivity index (χ1v) is 10.5. The molecule has 14 nitrogen and oxygen atoms in total. The molecule has 0 aliphatic carbocycles. The summed E-state index contributed by atoms with van der Waals surface area (Å²) in [5.41, 5.74) is 16.4. The van der Waals surface area contributed by atoms with E-state index in [4.69, 9.17) is 22.3 Å². The minimum atomic E-state index is -1.51. The lowest BCUT2D eigenvalue weighted by molar-refractivity contribution is -0.142. The van der Waals surface area contributed by atoms with E-state index in [2.05, 4.69) is 16.0 Å². The maximum absolute atomic E-state index is 12.9. The SMILES string of the molecule is CC(NC(=O)C(Cc1ccc(O)cc1)NC(=O)C(CC(N)=O)NC(=O)C(N)CCC(N)=O)C(=O)O. The average molecular weight is 495 g/mol. The molecule has 0 saturated carbocycles. The molecular weight excluding hydrogens is 464 g/mol. The number of nitrogens with two attached hydrogens (primary N) is 3. The van der Waals surface area contributed by atoms with Gasteiger partial charge in [-0.2, -0.15) is 0 Å². The predicted molar refractivity (Wildman–Crippen MR) is 121 cm³/mol. The summed E-state index contributed by atoms with van der Waals surface area (Å²) >= 11 is 0. The number of nitrogens with one attached hydrogen (secondary N) is 3. The number of primary amides is 2. The Hall–Kier alpha value is -4.20. The van der Waals surface area contributed by atoms with Crippen molar-refractivity contribution in [3.63, 3.8) is 0 Å². The second-order valence-electron chi connectivity index (χ2n) is 7.84.